The Morgan fingerprint density at radius 3 is 2.62 bits per heavy atom. The minimum absolute atomic E-state index is 0.0156. The number of rotatable bonds is 4. The van der Waals surface area contributed by atoms with Gasteiger partial charge in [0.2, 0.25) is 5.91 Å². The number of allylic oxidation sites excluding steroid dienone is 1. The van der Waals surface area contributed by atoms with Gasteiger partial charge in [-0.3, -0.25) is 4.79 Å². The molecule has 0 fully saturated rings. The fourth-order valence-corrected chi connectivity index (χ4v) is 0.911. The van der Waals surface area contributed by atoms with Gasteiger partial charge in [-0.05, 0) is 13.8 Å². The van der Waals surface area contributed by atoms with Gasteiger partial charge in [-0.1, -0.05) is 17.6 Å². The molecule has 0 unspecified atom stereocenters. The number of hydrogen-bond donors (Lipinski definition) is 0. The standard InChI is InChI=1S/C10H14ClNO/c1-4-6-12(10(13)8-11)7-5-9(2)3/h1,5H,6-8H2,2-3H3. The zero-order chi connectivity index (χ0) is 10.3. The molecular weight excluding hydrogens is 186 g/mol. The van der Waals surface area contributed by atoms with Gasteiger partial charge in [0, 0.05) is 6.54 Å². The van der Waals surface area contributed by atoms with Crippen molar-refractivity contribution in [3.05, 3.63) is 11.6 Å². The van der Waals surface area contributed by atoms with Crippen LogP contribution in [0.4, 0.5) is 0 Å². The van der Waals surface area contributed by atoms with Gasteiger partial charge in [-0.2, -0.15) is 0 Å². The van der Waals surface area contributed by atoms with E-state index in [0.29, 0.717) is 13.1 Å². The molecule has 13 heavy (non-hydrogen) atoms. The average Bonchev–Trinajstić information content (AvgIpc) is 2.10. The lowest BCUT2D eigenvalue weighted by molar-refractivity contribution is -0.127. The average molecular weight is 200 g/mol. The first-order chi connectivity index (χ1) is 6.11. The molecule has 0 N–H and O–H groups in total. The maximum absolute atomic E-state index is 11.2. The second-order valence-electron chi connectivity index (χ2n) is 2.89. The van der Waals surface area contributed by atoms with Crippen LogP contribution in [0.2, 0.25) is 0 Å². The molecule has 2 nitrogen and oxygen atoms in total. The van der Waals surface area contributed by atoms with E-state index in [1.165, 1.54) is 0 Å². The minimum Gasteiger partial charge on any atom is -0.327 e. The van der Waals surface area contributed by atoms with Crippen LogP contribution >= 0.6 is 11.6 Å². The quantitative estimate of drug-likeness (QED) is 0.383. The summed E-state index contributed by atoms with van der Waals surface area (Å²) in [6, 6.07) is 0. The number of halogens is 1. The lowest BCUT2D eigenvalue weighted by Crippen LogP contribution is -2.32. The van der Waals surface area contributed by atoms with Gasteiger partial charge in [0.15, 0.2) is 0 Å². The number of alkyl halides is 1. The molecule has 0 aromatic heterocycles. The summed E-state index contributed by atoms with van der Waals surface area (Å²) in [7, 11) is 0. The molecule has 0 heterocycles. The second kappa shape index (κ2) is 6.56. The SMILES string of the molecule is C#CCN(CC=C(C)C)C(=O)CCl. The molecule has 0 aromatic carbocycles. The van der Waals surface area contributed by atoms with Crippen LogP contribution in [0.25, 0.3) is 0 Å². The Kier molecular flexibility index (Phi) is 6.09. The predicted octanol–water partition coefficient (Wildman–Crippen LogP) is 1.65. The molecule has 0 spiro atoms. The van der Waals surface area contributed by atoms with Crippen molar-refractivity contribution in [1.29, 1.82) is 0 Å². The van der Waals surface area contributed by atoms with E-state index in [9.17, 15) is 4.79 Å². The maximum atomic E-state index is 11.2. The van der Waals surface area contributed by atoms with Crippen molar-refractivity contribution in [1.82, 2.24) is 4.90 Å². The molecule has 0 rings (SSSR count). The van der Waals surface area contributed by atoms with Gasteiger partial charge in [0.05, 0.1) is 6.54 Å². The summed E-state index contributed by atoms with van der Waals surface area (Å²) in [5.41, 5.74) is 1.16. The Morgan fingerprint density at radius 2 is 2.23 bits per heavy atom. The van der Waals surface area contributed by atoms with Crippen molar-refractivity contribution in [3.63, 3.8) is 0 Å². The molecule has 0 aliphatic carbocycles. The maximum Gasteiger partial charge on any atom is 0.238 e. The number of carbonyl (C=O) groups is 1. The Morgan fingerprint density at radius 1 is 1.62 bits per heavy atom. The first-order valence-corrected chi connectivity index (χ1v) is 4.55. The lowest BCUT2D eigenvalue weighted by Gasteiger charge is -2.16. The van der Waals surface area contributed by atoms with E-state index in [0.717, 1.165) is 5.57 Å². The zero-order valence-corrected chi connectivity index (χ0v) is 8.77. The van der Waals surface area contributed by atoms with Gasteiger partial charge in [0.25, 0.3) is 0 Å². The summed E-state index contributed by atoms with van der Waals surface area (Å²) in [4.78, 5) is 12.7. The van der Waals surface area contributed by atoms with E-state index >= 15 is 0 Å². The second-order valence-corrected chi connectivity index (χ2v) is 3.16. The van der Waals surface area contributed by atoms with Crippen LogP contribution in [0.15, 0.2) is 11.6 Å². The number of hydrogen-bond acceptors (Lipinski definition) is 1. The highest BCUT2D eigenvalue weighted by Crippen LogP contribution is 1.95. The number of carbonyl (C=O) groups excluding carboxylic acids is 1. The molecule has 3 heteroatoms. The molecule has 1 amide bonds. The molecule has 0 aromatic rings. The van der Waals surface area contributed by atoms with Gasteiger partial charge in [-0.25, -0.2) is 0 Å². The third-order valence-corrected chi connectivity index (χ3v) is 1.70. The van der Waals surface area contributed by atoms with Gasteiger partial charge in [-0.15, -0.1) is 18.0 Å². The molecule has 0 bridgehead atoms. The third-order valence-electron chi connectivity index (χ3n) is 1.47. The topological polar surface area (TPSA) is 20.3 Å². The molecule has 72 valence electrons. The number of terminal acetylenes is 1. The monoisotopic (exact) mass is 199 g/mol. The van der Waals surface area contributed by atoms with E-state index in [1.807, 2.05) is 19.9 Å². The summed E-state index contributed by atoms with van der Waals surface area (Å²) in [5, 5.41) is 0. The van der Waals surface area contributed by atoms with Gasteiger partial charge >= 0.3 is 0 Å². The van der Waals surface area contributed by atoms with Crippen LogP contribution in [-0.4, -0.2) is 29.8 Å². The van der Waals surface area contributed by atoms with Gasteiger partial charge in [0.1, 0.15) is 5.88 Å². The summed E-state index contributed by atoms with van der Waals surface area (Å²) in [5.74, 6) is 2.28. The summed E-state index contributed by atoms with van der Waals surface area (Å²) < 4.78 is 0. The normalized spacial score (nSPS) is 8.77. The van der Waals surface area contributed by atoms with Crippen molar-refractivity contribution in [2.45, 2.75) is 13.8 Å². The van der Waals surface area contributed by atoms with E-state index in [1.54, 1.807) is 4.90 Å². The van der Waals surface area contributed by atoms with E-state index in [2.05, 4.69) is 5.92 Å². The van der Waals surface area contributed by atoms with Crippen molar-refractivity contribution < 1.29 is 4.79 Å². The summed E-state index contributed by atoms with van der Waals surface area (Å²) in [6.07, 6.45) is 7.07. The van der Waals surface area contributed by atoms with E-state index < -0.39 is 0 Å². The third kappa shape index (κ3) is 5.32. The van der Waals surface area contributed by atoms with Gasteiger partial charge < -0.3 is 4.90 Å². The van der Waals surface area contributed by atoms with E-state index in [-0.39, 0.29) is 11.8 Å². The van der Waals surface area contributed by atoms with Crippen LogP contribution in [-0.2, 0) is 4.79 Å². The van der Waals surface area contributed by atoms with Crippen LogP contribution < -0.4 is 0 Å². The lowest BCUT2D eigenvalue weighted by atomic mass is 10.3. The van der Waals surface area contributed by atoms with Crippen LogP contribution in [0, 0.1) is 12.3 Å². The molecular formula is C10H14ClNO. The fraction of sp³-hybridized carbons (Fsp3) is 0.500. The highest BCUT2D eigenvalue weighted by molar-refractivity contribution is 6.27. The Hall–Kier alpha value is -0.940. The largest absolute Gasteiger partial charge is 0.327 e. The van der Waals surface area contributed by atoms with Crippen molar-refractivity contribution in [3.8, 4) is 12.3 Å². The first kappa shape index (κ1) is 12.1. The molecule has 0 radical (unpaired) electrons. The Balaban J connectivity index is 4.19. The smallest absolute Gasteiger partial charge is 0.238 e. The van der Waals surface area contributed by atoms with E-state index in [4.69, 9.17) is 18.0 Å². The fourth-order valence-electron chi connectivity index (χ4n) is 0.742. The van der Waals surface area contributed by atoms with Crippen LogP contribution in [0.5, 0.6) is 0 Å². The summed E-state index contributed by atoms with van der Waals surface area (Å²) >= 11 is 5.42. The Labute approximate surface area is 84.6 Å². The predicted molar refractivity (Wildman–Crippen MR) is 55.6 cm³/mol. The molecule has 0 saturated heterocycles. The molecule has 0 saturated carbocycles. The molecule has 0 atom stereocenters. The van der Waals surface area contributed by atoms with Crippen LogP contribution in [0.1, 0.15) is 13.8 Å². The van der Waals surface area contributed by atoms with Crippen molar-refractivity contribution in [2.24, 2.45) is 0 Å². The van der Waals surface area contributed by atoms with Crippen molar-refractivity contribution >= 4 is 17.5 Å². The Bertz CT molecular complexity index is 236. The highest BCUT2D eigenvalue weighted by Gasteiger charge is 2.08. The minimum atomic E-state index is -0.128. The zero-order valence-electron chi connectivity index (χ0n) is 8.01. The highest BCUT2D eigenvalue weighted by atomic mass is 35.5. The number of amides is 1. The van der Waals surface area contributed by atoms with Crippen molar-refractivity contribution in [2.75, 3.05) is 19.0 Å². The number of nitrogens with zero attached hydrogens (tertiary/aromatic N) is 1. The summed E-state index contributed by atoms with van der Waals surface area (Å²) in [6.45, 7) is 4.80. The van der Waals surface area contributed by atoms with Crippen LogP contribution in [0.3, 0.4) is 0 Å². The molecule has 0 aliphatic rings. The molecule has 0 aliphatic heterocycles. The first-order valence-electron chi connectivity index (χ1n) is 4.02.